The van der Waals surface area contributed by atoms with Gasteiger partial charge in [-0.15, -0.1) is 0 Å². The molecule has 0 bridgehead atoms. The van der Waals surface area contributed by atoms with Gasteiger partial charge in [-0.2, -0.15) is 0 Å². The van der Waals surface area contributed by atoms with Crippen LogP contribution in [0, 0.1) is 6.92 Å². The van der Waals surface area contributed by atoms with E-state index in [9.17, 15) is 9.90 Å². The fourth-order valence-electron chi connectivity index (χ4n) is 4.77. The van der Waals surface area contributed by atoms with E-state index >= 15 is 0 Å². The summed E-state index contributed by atoms with van der Waals surface area (Å²) in [7, 11) is 4.29. The largest absolute Gasteiger partial charge is 0.478 e. The molecular weight excluding hydrogens is 452 g/mol. The Balaban J connectivity index is 1.32. The number of carboxylic acids is 1. The van der Waals surface area contributed by atoms with E-state index < -0.39 is 5.97 Å². The summed E-state index contributed by atoms with van der Waals surface area (Å²) in [6.07, 6.45) is 5.91. The molecule has 184 valence electrons. The van der Waals surface area contributed by atoms with Crippen molar-refractivity contribution in [1.29, 1.82) is 0 Å². The van der Waals surface area contributed by atoms with Crippen molar-refractivity contribution in [1.82, 2.24) is 19.9 Å². The van der Waals surface area contributed by atoms with Crippen LogP contribution in [0.3, 0.4) is 0 Å². The number of anilines is 3. The van der Waals surface area contributed by atoms with Gasteiger partial charge in [-0.3, -0.25) is 0 Å². The van der Waals surface area contributed by atoms with Crippen LogP contribution >= 0.6 is 0 Å². The van der Waals surface area contributed by atoms with Crippen molar-refractivity contribution in [2.24, 2.45) is 0 Å². The van der Waals surface area contributed by atoms with E-state index in [1.165, 1.54) is 0 Å². The highest BCUT2D eigenvalue weighted by molar-refractivity contribution is 5.91. The summed E-state index contributed by atoms with van der Waals surface area (Å²) in [5.41, 5.74) is 4.71. The molecule has 1 aliphatic rings. The van der Waals surface area contributed by atoms with Gasteiger partial charge in [0.2, 0.25) is 5.95 Å². The van der Waals surface area contributed by atoms with Gasteiger partial charge in [0.25, 0.3) is 0 Å². The molecule has 5 rings (SSSR count). The van der Waals surface area contributed by atoms with Crippen molar-refractivity contribution in [3.8, 4) is 11.1 Å². The summed E-state index contributed by atoms with van der Waals surface area (Å²) >= 11 is 0. The van der Waals surface area contributed by atoms with Crippen molar-refractivity contribution in [3.05, 3.63) is 72.1 Å². The van der Waals surface area contributed by atoms with Crippen molar-refractivity contribution < 1.29 is 9.90 Å². The van der Waals surface area contributed by atoms with Gasteiger partial charge in [0.1, 0.15) is 5.82 Å². The SMILES string of the molecule is Cc1cc(-c2cccc(C(=O)O)c2)cc2cnc(Nc3ccc(N4CCC(N(C)C)CC4)nc3)nc12. The lowest BCUT2D eigenvalue weighted by Crippen LogP contribution is -2.42. The number of nitrogens with one attached hydrogen (secondary N) is 1. The Morgan fingerprint density at radius 3 is 2.53 bits per heavy atom. The summed E-state index contributed by atoms with van der Waals surface area (Å²) in [4.78, 5) is 29.9. The molecule has 0 saturated carbocycles. The van der Waals surface area contributed by atoms with Gasteiger partial charge < -0.3 is 20.2 Å². The average Bonchev–Trinajstić information content (AvgIpc) is 2.89. The molecule has 4 aromatic rings. The van der Waals surface area contributed by atoms with Crippen LogP contribution in [0.25, 0.3) is 22.0 Å². The zero-order valence-electron chi connectivity index (χ0n) is 20.8. The molecule has 3 heterocycles. The number of pyridine rings is 1. The quantitative estimate of drug-likeness (QED) is 0.398. The monoisotopic (exact) mass is 482 g/mol. The topological polar surface area (TPSA) is 94.5 Å². The maximum absolute atomic E-state index is 11.3. The van der Waals surface area contributed by atoms with E-state index in [1.54, 1.807) is 24.4 Å². The molecule has 0 atom stereocenters. The number of benzene rings is 2. The number of aromatic nitrogens is 3. The fourth-order valence-corrected chi connectivity index (χ4v) is 4.77. The molecule has 0 unspecified atom stereocenters. The predicted octanol–water partition coefficient (Wildman–Crippen LogP) is 4.97. The second kappa shape index (κ2) is 9.91. The van der Waals surface area contributed by atoms with Crippen LogP contribution < -0.4 is 10.2 Å². The highest BCUT2D eigenvalue weighted by Gasteiger charge is 2.21. The first-order valence-electron chi connectivity index (χ1n) is 12.1. The Kier molecular flexibility index (Phi) is 6.52. The number of hydrogen-bond acceptors (Lipinski definition) is 7. The van der Waals surface area contributed by atoms with Crippen LogP contribution in [-0.2, 0) is 0 Å². The Morgan fingerprint density at radius 2 is 1.83 bits per heavy atom. The van der Waals surface area contributed by atoms with Gasteiger partial charge in [-0.1, -0.05) is 12.1 Å². The molecule has 0 aliphatic carbocycles. The molecule has 8 nitrogen and oxygen atoms in total. The van der Waals surface area contributed by atoms with Gasteiger partial charge in [0.15, 0.2) is 0 Å². The van der Waals surface area contributed by atoms with Gasteiger partial charge in [0.05, 0.1) is 23.0 Å². The third-order valence-electron chi connectivity index (χ3n) is 6.84. The van der Waals surface area contributed by atoms with Crippen molar-refractivity contribution >= 4 is 34.3 Å². The molecule has 2 aromatic heterocycles. The van der Waals surface area contributed by atoms with E-state index in [-0.39, 0.29) is 5.56 Å². The summed E-state index contributed by atoms with van der Waals surface area (Å²) in [5, 5.41) is 13.5. The normalized spacial score (nSPS) is 14.4. The molecule has 8 heteroatoms. The van der Waals surface area contributed by atoms with Gasteiger partial charge >= 0.3 is 5.97 Å². The smallest absolute Gasteiger partial charge is 0.335 e. The molecule has 0 amide bonds. The number of piperidine rings is 1. The molecule has 0 spiro atoms. The zero-order valence-corrected chi connectivity index (χ0v) is 20.8. The number of fused-ring (bicyclic) bond motifs is 1. The van der Waals surface area contributed by atoms with Gasteiger partial charge in [0, 0.05) is 30.7 Å². The predicted molar refractivity (Wildman–Crippen MR) is 143 cm³/mol. The van der Waals surface area contributed by atoms with Crippen molar-refractivity contribution in [2.45, 2.75) is 25.8 Å². The number of aryl methyl sites for hydroxylation is 1. The third-order valence-corrected chi connectivity index (χ3v) is 6.84. The first-order chi connectivity index (χ1) is 17.4. The molecule has 2 N–H and O–H groups in total. The van der Waals surface area contributed by atoms with E-state index in [1.807, 2.05) is 43.5 Å². The molecule has 0 radical (unpaired) electrons. The number of hydrogen-bond donors (Lipinski definition) is 2. The Morgan fingerprint density at radius 1 is 1.03 bits per heavy atom. The summed E-state index contributed by atoms with van der Waals surface area (Å²) in [6, 6.07) is 15.6. The van der Waals surface area contributed by atoms with Crippen LogP contribution in [0.5, 0.6) is 0 Å². The molecule has 1 fully saturated rings. The van der Waals surface area contributed by atoms with E-state index in [2.05, 4.69) is 39.2 Å². The highest BCUT2D eigenvalue weighted by atomic mass is 16.4. The second-order valence-electron chi connectivity index (χ2n) is 9.52. The van der Waals surface area contributed by atoms with Crippen molar-refractivity contribution in [2.75, 3.05) is 37.4 Å². The number of carbonyl (C=O) groups is 1. The lowest BCUT2D eigenvalue weighted by atomic mass is 9.99. The lowest BCUT2D eigenvalue weighted by Gasteiger charge is -2.35. The zero-order chi connectivity index (χ0) is 25.2. The van der Waals surface area contributed by atoms with Crippen LogP contribution in [0.15, 0.2) is 60.9 Å². The molecule has 2 aromatic carbocycles. The summed E-state index contributed by atoms with van der Waals surface area (Å²) in [5.74, 6) is 0.560. The fraction of sp³-hybridized carbons (Fsp3) is 0.286. The Bertz CT molecular complexity index is 1400. The molecule has 1 aliphatic heterocycles. The van der Waals surface area contributed by atoms with Crippen LogP contribution in [0.2, 0.25) is 0 Å². The number of rotatable bonds is 6. The Hall–Kier alpha value is -4.04. The first-order valence-corrected chi connectivity index (χ1v) is 12.1. The van der Waals surface area contributed by atoms with E-state index in [0.29, 0.717) is 12.0 Å². The van der Waals surface area contributed by atoms with Crippen LogP contribution in [-0.4, -0.2) is 64.2 Å². The first kappa shape index (κ1) is 23.7. The molecule has 1 saturated heterocycles. The number of aromatic carboxylic acids is 1. The number of nitrogens with zero attached hydrogens (tertiary/aromatic N) is 5. The number of carboxylic acid groups (broad SMARTS) is 1. The minimum Gasteiger partial charge on any atom is -0.478 e. The summed E-state index contributed by atoms with van der Waals surface area (Å²) < 4.78 is 0. The van der Waals surface area contributed by atoms with Crippen LogP contribution in [0.1, 0.15) is 28.8 Å². The maximum Gasteiger partial charge on any atom is 0.335 e. The minimum absolute atomic E-state index is 0.263. The average molecular weight is 483 g/mol. The maximum atomic E-state index is 11.3. The molecule has 36 heavy (non-hydrogen) atoms. The van der Waals surface area contributed by atoms with Gasteiger partial charge in [-0.05, 0) is 86.9 Å². The molecular formula is C28H30N6O2. The minimum atomic E-state index is -0.940. The summed E-state index contributed by atoms with van der Waals surface area (Å²) in [6.45, 7) is 4.02. The van der Waals surface area contributed by atoms with Crippen LogP contribution in [0.4, 0.5) is 17.5 Å². The highest BCUT2D eigenvalue weighted by Crippen LogP contribution is 2.28. The Labute approximate surface area is 210 Å². The van der Waals surface area contributed by atoms with Crippen molar-refractivity contribution in [3.63, 3.8) is 0 Å². The third kappa shape index (κ3) is 4.99. The van der Waals surface area contributed by atoms with E-state index in [4.69, 9.17) is 4.98 Å². The van der Waals surface area contributed by atoms with E-state index in [0.717, 1.165) is 65.0 Å². The van der Waals surface area contributed by atoms with Gasteiger partial charge in [-0.25, -0.2) is 19.7 Å². The standard InChI is InChI=1S/C28H30N6O2/c1-18-13-21(19-5-4-6-20(14-19)27(35)36)15-22-16-30-28(32-26(18)22)31-23-7-8-25(29-17-23)34-11-9-24(10-12-34)33(2)3/h4-8,13-17,24H,9-12H2,1-3H3,(H,35,36)(H,30,31,32). The second-order valence-corrected chi connectivity index (χ2v) is 9.52. The lowest BCUT2D eigenvalue weighted by molar-refractivity contribution is 0.0697.